The molecule has 3 rings (SSSR count). The maximum Gasteiger partial charge on any atom is 0.0337 e. The van der Waals surface area contributed by atoms with Gasteiger partial charge in [0.25, 0.3) is 0 Å². The van der Waals surface area contributed by atoms with Crippen LogP contribution >= 0.6 is 24.8 Å². The lowest BCUT2D eigenvalue weighted by atomic mass is 9.40. The van der Waals surface area contributed by atoms with Crippen LogP contribution in [0.5, 0.6) is 0 Å². The fourth-order valence-corrected chi connectivity index (χ4v) is 2.45. The fraction of sp³-hybridized carbons (Fsp3) is 1.00. The highest BCUT2D eigenvalue weighted by Gasteiger charge is 2.64. The van der Waals surface area contributed by atoms with Gasteiger partial charge in [-0.25, -0.2) is 0 Å². The van der Waals surface area contributed by atoms with Crippen molar-refractivity contribution >= 4 is 24.8 Å². The summed E-state index contributed by atoms with van der Waals surface area (Å²) in [7, 11) is 0. The molecule has 3 aliphatic carbocycles. The van der Waals surface area contributed by atoms with Gasteiger partial charge in [-0.15, -0.1) is 24.8 Å². The van der Waals surface area contributed by atoms with E-state index in [4.69, 9.17) is 5.84 Å². The van der Waals surface area contributed by atoms with Gasteiger partial charge in [-0.3, -0.25) is 11.3 Å². The molecule has 0 atom stereocenters. The average Bonchev–Trinajstić information content (AvgIpc) is 1.55. The van der Waals surface area contributed by atoms with Gasteiger partial charge in [0.1, 0.15) is 0 Å². The van der Waals surface area contributed by atoms with Gasteiger partial charge in [0.15, 0.2) is 0 Å². The van der Waals surface area contributed by atoms with Crippen molar-refractivity contribution in [2.45, 2.75) is 31.7 Å². The van der Waals surface area contributed by atoms with E-state index in [1.54, 1.807) is 0 Å². The number of halogens is 2. The van der Waals surface area contributed by atoms with Crippen LogP contribution in [0.3, 0.4) is 0 Å². The van der Waals surface area contributed by atoms with Crippen LogP contribution in [0.15, 0.2) is 0 Å². The number of rotatable bonds is 1. The fourth-order valence-electron chi connectivity index (χ4n) is 2.45. The first-order valence-electron chi connectivity index (χ1n) is 3.16. The van der Waals surface area contributed by atoms with Gasteiger partial charge in [0.2, 0.25) is 0 Å². The summed E-state index contributed by atoms with van der Waals surface area (Å²) in [5.74, 6) is 5.31. The van der Waals surface area contributed by atoms with E-state index in [-0.39, 0.29) is 24.8 Å². The summed E-state index contributed by atoms with van der Waals surface area (Å²) in [5, 5.41) is 0. The summed E-state index contributed by atoms with van der Waals surface area (Å²) in [6, 6.07) is 0. The van der Waals surface area contributed by atoms with Crippen LogP contribution in [0, 0.1) is 5.41 Å². The molecule has 0 aromatic rings. The van der Waals surface area contributed by atoms with E-state index < -0.39 is 0 Å². The molecule has 0 aromatic heterocycles. The average molecular weight is 185 g/mol. The third-order valence-corrected chi connectivity index (χ3v) is 2.60. The van der Waals surface area contributed by atoms with Gasteiger partial charge < -0.3 is 0 Å². The Labute approximate surface area is 73.7 Å². The highest BCUT2D eigenvalue weighted by Crippen LogP contribution is 2.66. The largest absolute Gasteiger partial charge is 0.271 e. The Kier molecular flexibility index (Phi) is 2.65. The quantitative estimate of drug-likeness (QED) is 0.476. The molecule has 0 amide bonds. The van der Waals surface area contributed by atoms with Crippen molar-refractivity contribution < 1.29 is 0 Å². The van der Waals surface area contributed by atoms with Crippen molar-refractivity contribution in [2.24, 2.45) is 11.3 Å². The molecule has 0 radical (unpaired) electrons. The van der Waals surface area contributed by atoms with Crippen LogP contribution in [0.2, 0.25) is 0 Å². The lowest BCUT2D eigenvalue weighted by Gasteiger charge is -2.69. The molecule has 2 bridgehead atoms. The summed E-state index contributed by atoms with van der Waals surface area (Å²) in [6.07, 6.45) is 3.91. The molecule has 0 heterocycles. The van der Waals surface area contributed by atoms with E-state index in [1.165, 1.54) is 19.3 Å². The third-order valence-electron chi connectivity index (χ3n) is 2.60. The molecule has 4 heteroatoms. The maximum atomic E-state index is 5.31. The second kappa shape index (κ2) is 2.52. The predicted molar refractivity (Wildman–Crippen MR) is 46.5 cm³/mol. The van der Waals surface area contributed by atoms with Gasteiger partial charge in [-0.05, 0) is 24.7 Å². The molecule has 0 saturated heterocycles. The normalized spacial score (nSPS) is 47.4. The molecule has 3 fully saturated rings. The Hall–Kier alpha value is 0.500. The summed E-state index contributed by atoms with van der Waals surface area (Å²) in [6.45, 7) is 2.33. The number of nitrogens with two attached hydrogens (primary N) is 1. The molecule has 3 saturated carbocycles. The number of nitrogens with one attached hydrogen (secondary N) is 1. The van der Waals surface area contributed by atoms with E-state index in [9.17, 15) is 0 Å². The summed E-state index contributed by atoms with van der Waals surface area (Å²) < 4.78 is 0. The summed E-state index contributed by atoms with van der Waals surface area (Å²) >= 11 is 0. The van der Waals surface area contributed by atoms with Crippen LogP contribution < -0.4 is 11.3 Å². The predicted octanol–water partition coefficient (Wildman–Crippen LogP) is 1.24. The van der Waals surface area contributed by atoms with Gasteiger partial charge in [0, 0.05) is 5.54 Å². The van der Waals surface area contributed by atoms with E-state index >= 15 is 0 Å². The Morgan fingerprint density at radius 1 is 1.20 bits per heavy atom. The van der Waals surface area contributed by atoms with Crippen LogP contribution in [0.1, 0.15) is 26.2 Å². The number of hydrogen-bond donors (Lipinski definition) is 2. The monoisotopic (exact) mass is 184 g/mol. The minimum Gasteiger partial charge on any atom is -0.271 e. The van der Waals surface area contributed by atoms with Gasteiger partial charge in [-0.1, -0.05) is 6.92 Å². The van der Waals surface area contributed by atoms with Gasteiger partial charge in [-0.2, -0.15) is 0 Å². The molecule has 0 unspecified atom stereocenters. The molecular formula is C6H14Cl2N2. The Morgan fingerprint density at radius 2 is 1.60 bits per heavy atom. The molecule has 0 aromatic carbocycles. The second-order valence-electron chi connectivity index (χ2n) is 3.77. The first kappa shape index (κ1) is 10.5. The zero-order valence-corrected chi connectivity index (χ0v) is 7.65. The SMILES string of the molecule is CC12CC(NN)(C1)C2.Cl.Cl. The smallest absolute Gasteiger partial charge is 0.0337 e. The first-order chi connectivity index (χ1) is 3.68. The second-order valence-corrected chi connectivity index (χ2v) is 3.77. The minimum absolute atomic E-state index is 0. The van der Waals surface area contributed by atoms with Crippen molar-refractivity contribution in [3.8, 4) is 0 Å². The van der Waals surface area contributed by atoms with Crippen molar-refractivity contribution in [3.63, 3.8) is 0 Å². The van der Waals surface area contributed by atoms with Crippen LogP contribution in [0.25, 0.3) is 0 Å². The van der Waals surface area contributed by atoms with Crippen molar-refractivity contribution in [1.29, 1.82) is 0 Å². The first-order valence-corrected chi connectivity index (χ1v) is 3.16. The highest BCUT2D eigenvalue weighted by molar-refractivity contribution is 5.85. The van der Waals surface area contributed by atoms with E-state index in [2.05, 4.69) is 12.3 Å². The van der Waals surface area contributed by atoms with E-state index in [1.807, 2.05) is 0 Å². The van der Waals surface area contributed by atoms with Crippen LogP contribution in [-0.4, -0.2) is 5.54 Å². The van der Waals surface area contributed by atoms with Crippen molar-refractivity contribution in [2.75, 3.05) is 0 Å². The maximum absolute atomic E-state index is 5.31. The lowest BCUT2D eigenvalue weighted by Crippen LogP contribution is -2.74. The number of hydrazine groups is 1. The molecule has 10 heavy (non-hydrogen) atoms. The van der Waals surface area contributed by atoms with Crippen molar-refractivity contribution in [3.05, 3.63) is 0 Å². The zero-order chi connectivity index (χ0) is 5.83. The van der Waals surface area contributed by atoms with E-state index in [0.717, 1.165) is 0 Å². The Morgan fingerprint density at radius 3 is 1.70 bits per heavy atom. The molecule has 2 nitrogen and oxygen atoms in total. The van der Waals surface area contributed by atoms with Gasteiger partial charge in [0.05, 0.1) is 0 Å². The summed E-state index contributed by atoms with van der Waals surface area (Å²) in [5.41, 5.74) is 3.95. The minimum atomic E-state index is 0. The van der Waals surface area contributed by atoms with Crippen LogP contribution in [0.4, 0.5) is 0 Å². The van der Waals surface area contributed by atoms with Gasteiger partial charge >= 0.3 is 0 Å². The standard InChI is InChI=1S/C6H12N2.2ClH/c1-5-2-6(3-5,4-5)8-7;;/h8H,2-4,7H2,1H3;2*1H. The molecule has 3 aliphatic rings. The molecule has 62 valence electrons. The van der Waals surface area contributed by atoms with Crippen molar-refractivity contribution in [1.82, 2.24) is 5.43 Å². The topological polar surface area (TPSA) is 38.0 Å². The highest BCUT2D eigenvalue weighted by atomic mass is 35.5. The lowest BCUT2D eigenvalue weighted by molar-refractivity contribution is -0.140. The Balaban J connectivity index is 0.000000405. The molecule has 0 aliphatic heterocycles. The molecule has 0 spiro atoms. The molecular weight excluding hydrogens is 171 g/mol. The zero-order valence-electron chi connectivity index (χ0n) is 6.02. The summed E-state index contributed by atoms with van der Waals surface area (Å²) in [4.78, 5) is 0. The number of hydrogen-bond acceptors (Lipinski definition) is 2. The van der Waals surface area contributed by atoms with Crippen LogP contribution in [-0.2, 0) is 0 Å². The van der Waals surface area contributed by atoms with E-state index in [0.29, 0.717) is 11.0 Å². The molecule has 3 N–H and O–H groups in total. The Bertz CT molecular complexity index is 118. The third kappa shape index (κ3) is 1.03.